The number of hydrogen-bond donors (Lipinski definition) is 3. The van der Waals surface area contributed by atoms with Crippen molar-refractivity contribution in [3.63, 3.8) is 0 Å². The van der Waals surface area contributed by atoms with Gasteiger partial charge in [-0.1, -0.05) is 12.1 Å². The molecule has 0 fully saturated rings. The maximum atomic E-state index is 11.2. The van der Waals surface area contributed by atoms with Crippen molar-refractivity contribution in [1.29, 1.82) is 0 Å². The van der Waals surface area contributed by atoms with E-state index >= 15 is 0 Å². The van der Waals surface area contributed by atoms with E-state index in [2.05, 4.69) is 10.1 Å². The number of pyridine rings is 1. The predicted molar refractivity (Wildman–Crippen MR) is 74.2 cm³/mol. The molecule has 0 amide bonds. The molecule has 0 radical (unpaired) electrons. The lowest BCUT2D eigenvalue weighted by molar-refractivity contribution is 0.0687. The molecular weight excluding hydrogens is 258 g/mol. The summed E-state index contributed by atoms with van der Waals surface area (Å²) in [5.74, 6) is -1.08. The lowest BCUT2D eigenvalue weighted by Crippen LogP contribution is -2.07. The van der Waals surface area contributed by atoms with Gasteiger partial charge in [0.15, 0.2) is 11.3 Å². The van der Waals surface area contributed by atoms with Gasteiger partial charge in [0.25, 0.3) is 0 Å². The van der Waals surface area contributed by atoms with Gasteiger partial charge in [0.2, 0.25) is 5.95 Å². The molecule has 0 atom stereocenters. The van der Waals surface area contributed by atoms with Crippen LogP contribution in [0.5, 0.6) is 0 Å². The number of rotatable bonds is 2. The van der Waals surface area contributed by atoms with E-state index in [0.29, 0.717) is 16.9 Å². The van der Waals surface area contributed by atoms with Crippen LogP contribution in [-0.2, 0) is 0 Å². The van der Waals surface area contributed by atoms with Gasteiger partial charge < -0.3 is 16.6 Å². The van der Waals surface area contributed by atoms with E-state index in [-0.39, 0.29) is 11.6 Å². The van der Waals surface area contributed by atoms with Crippen LogP contribution in [0.3, 0.4) is 0 Å². The molecule has 7 heteroatoms. The van der Waals surface area contributed by atoms with E-state index in [4.69, 9.17) is 16.6 Å². The van der Waals surface area contributed by atoms with Crippen molar-refractivity contribution >= 4 is 23.3 Å². The molecule has 0 saturated carbocycles. The standard InChI is InChI=1S/C13H11N5O2/c14-8-3-1-2-7(6-8)9-4-5-10(12(19)20)18-11(9)16-13(15)17-18/h1-6H,14H2,(H2,15,17)(H,19,20). The Morgan fingerprint density at radius 1 is 1.20 bits per heavy atom. The number of benzene rings is 1. The van der Waals surface area contributed by atoms with Crippen LogP contribution >= 0.6 is 0 Å². The Bertz CT molecular complexity index is 825. The molecule has 0 saturated heterocycles. The van der Waals surface area contributed by atoms with Gasteiger partial charge in [0.1, 0.15) is 0 Å². The molecule has 100 valence electrons. The number of nitrogens with two attached hydrogens (primary N) is 2. The topological polar surface area (TPSA) is 120 Å². The predicted octanol–water partition coefficient (Wildman–Crippen LogP) is 1.26. The van der Waals surface area contributed by atoms with Crippen LogP contribution < -0.4 is 11.5 Å². The van der Waals surface area contributed by atoms with Gasteiger partial charge in [-0.3, -0.25) is 0 Å². The first kappa shape index (κ1) is 12.0. The minimum atomic E-state index is -1.10. The highest BCUT2D eigenvalue weighted by Crippen LogP contribution is 2.26. The third-order valence-electron chi connectivity index (χ3n) is 2.92. The number of hydrogen-bond acceptors (Lipinski definition) is 5. The summed E-state index contributed by atoms with van der Waals surface area (Å²) in [7, 11) is 0. The number of carboxylic acids is 1. The summed E-state index contributed by atoms with van der Waals surface area (Å²) in [5, 5.41) is 13.1. The molecule has 0 aliphatic carbocycles. The quantitative estimate of drug-likeness (QED) is 0.602. The van der Waals surface area contributed by atoms with Gasteiger partial charge in [-0.2, -0.15) is 4.98 Å². The van der Waals surface area contributed by atoms with Crippen molar-refractivity contribution < 1.29 is 9.90 Å². The molecule has 3 aromatic rings. The first-order valence-corrected chi connectivity index (χ1v) is 5.81. The lowest BCUT2D eigenvalue weighted by atomic mass is 10.1. The molecule has 7 nitrogen and oxygen atoms in total. The van der Waals surface area contributed by atoms with Gasteiger partial charge in [-0.05, 0) is 29.8 Å². The number of anilines is 2. The highest BCUT2D eigenvalue weighted by Gasteiger charge is 2.15. The first-order chi connectivity index (χ1) is 9.56. The average Bonchev–Trinajstić information content (AvgIpc) is 2.78. The summed E-state index contributed by atoms with van der Waals surface area (Å²) in [6.45, 7) is 0. The zero-order valence-corrected chi connectivity index (χ0v) is 10.3. The molecular formula is C13H11N5O2. The fraction of sp³-hybridized carbons (Fsp3) is 0. The van der Waals surface area contributed by atoms with Crippen LogP contribution in [0.4, 0.5) is 11.6 Å². The Hall–Kier alpha value is -3.09. The Kier molecular flexibility index (Phi) is 2.53. The summed E-state index contributed by atoms with van der Waals surface area (Å²) >= 11 is 0. The summed E-state index contributed by atoms with van der Waals surface area (Å²) in [6, 6.07) is 10.3. The second-order valence-corrected chi connectivity index (χ2v) is 4.27. The van der Waals surface area contributed by atoms with E-state index in [1.54, 1.807) is 18.2 Å². The fourth-order valence-corrected chi connectivity index (χ4v) is 2.07. The van der Waals surface area contributed by atoms with Crippen molar-refractivity contribution in [1.82, 2.24) is 14.6 Å². The Balaban J connectivity index is 2.33. The number of nitrogen functional groups attached to an aromatic ring is 2. The smallest absolute Gasteiger partial charge is 0.354 e. The largest absolute Gasteiger partial charge is 0.477 e. The second-order valence-electron chi connectivity index (χ2n) is 4.27. The molecule has 3 rings (SSSR count). The Morgan fingerprint density at radius 3 is 2.70 bits per heavy atom. The third-order valence-corrected chi connectivity index (χ3v) is 2.92. The number of carboxylic acid groups (broad SMARTS) is 1. The summed E-state index contributed by atoms with van der Waals surface area (Å²) in [5.41, 5.74) is 13.9. The molecule has 1 aromatic carbocycles. The van der Waals surface area contributed by atoms with Crippen LogP contribution in [0.15, 0.2) is 36.4 Å². The van der Waals surface area contributed by atoms with Crippen LogP contribution in [-0.4, -0.2) is 25.7 Å². The maximum absolute atomic E-state index is 11.2. The maximum Gasteiger partial charge on any atom is 0.354 e. The number of aromatic carboxylic acids is 1. The Morgan fingerprint density at radius 2 is 2.00 bits per heavy atom. The van der Waals surface area contributed by atoms with Gasteiger partial charge in [0, 0.05) is 11.3 Å². The van der Waals surface area contributed by atoms with E-state index in [1.165, 1.54) is 10.6 Å². The van der Waals surface area contributed by atoms with Gasteiger partial charge in [0.05, 0.1) is 0 Å². The number of carbonyl (C=O) groups is 1. The van der Waals surface area contributed by atoms with Crippen molar-refractivity contribution in [3.8, 4) is 11.1 Å². The minimum Gasteiger partial charge on any atom is -0.477 e. The third kappa shape index (κ3) is 1.81. The van der Waals surface area contributed by atoms with Crippen molar-refractivity contribution in [3.05, 3.63) is 42.1 Å². The normalized spacial score (nSPS) is 10.8. The van der Waals surface area contributed by atoms with Gasteiger partial charge in [-0.25, -0.2) is 9.31 Å². The lowest BCUT2D eigenvalue weighted by Gasteiger charge is -2.06. The van der Waals surface area contributed by atoms with Crippen LogP contribution in [0.25, 0.3) is 16.8 Å². The number of fused-ring (bicyclic) bond motifs is 1. The molecule has 2 heterocycles. The average molecular weight is 269 g/mol. The summed E-state index contributed by atoms with van der Waals surface area (Å²) in [4.78, 5) is 15.3. The first-order valence-electron chi connectivity index (χ1n) is 5.81. The number of aromatic nitrogens is 3. The molecule has 2 aromatic heterocycles. The van der Waals surface area contributed by atoms with Gasteiger partial charge >= 0.3 is 5.97 Å². The van der Waals surface area contributed by atoms with Crippen molar-refractivity contribution in [2.45, 2.75) is 0 Å². The SMILES string of the molecule is Nc1cccc(-c2ccc(C(=O)O)n3nc(N)nc23)c1. The molecule has 0 aliphatic heterocycles. The Labute approximate surface area is 113 Å². The van der Waals surface area contributed by atoms with Crippen LogP contribution in [0, 0.1) is 0 Å². The minimum absolute atomic E-state index is 0.00291. The van der Waals surface area contributed by atoms with Crippen molar-refractivity contribution in [2.75, 3.05) is 11.5 Å². The molecule has 20 heavy (non-hydrogen) atoms. The summed E-state index contributed by atoms with van der Waals surface area (Å²) in [6.07, 6.45) is 0. The van der Waals surface area contributed by atoms with Gasteiger partial charge in [-0.15, -0.1) is 5.10 Å². The van der Waals surface area contributed by atoms with E-state index < -0.39 is 5.97 Å². The molecule has 5 N–H and O–H groups in total. The monoisotopic (exact) mass is 269 g/mol. The molecule has 0 aliphatic rings. The zero-order valence-electron chi connectivity index (χ0n) is 10.3. The van der Waals surface area contributed by atoms with Crippen LogP contribution in [0.2, 0.25) is 0 Å². The zero-order chi connectivity index (χ0) is 14.3. The molecule has 0 unspecified atom stereocenters. The van der Waals surface area contributed by atoms with Crippen LogP contribution in [0.1, 0.15) is 10.5 Å². The molecule has 0 bridgehead atoms. The van der Waals surface area contributed by atoms with E-state index in [0.717, 1.165) is 5.56 Å². The van der Waals surface area contributed by atoms with E-state index in [1.807, 2.05) is 12.1 Å². The second kappa shape index (κ2) is 4.23. The highest BCUT2D eigenvalue weighted by atomic mass is 16.4. The highest BCUT2D eigenvalue weighted by molar-refractivity contribution is 5.89. The molecule has 0 spiro atoms. The van der Waals surface area contributed by atoms with E-state index in [9.17, 15) is 4.79 Å². The fourth-order valence-electron chi connectivity index (χ4n) is 2.07. The summed E-state index contributed by atoms with van der Waals surface area (Å²) < 4.78 is 1.22. The van der Waals surface area contributed by atoms with Crippen molar-refractivity contribution in [2.24, 2.45) is 0 Å². The number of nitrogens with zero attached hydrogens (tertiary/aromatic N) is 3.